The zero-order valence-electron chi connectivity index (χ0n) is 28.5. The minimum atomic E-state index is 0.982. The fourth-order valence-electron chi connectivity index (χ4n) is 8.15. The largest absolute Gasteiger partial charge is 0.256 e. The summed E-state index contributed by atoms with van der Waals surface area (Å²) < 4.78 is 0. The normalized spacial score (nSPS) is 11.5. The van der Waals surface area contributed by atoms with Gasteiger partial charge in [0.25, 0.3) is 0 Å². The van der Waals surface area contributed by atoms with Gasteiger partial charge in [0.05, 0.1) is 5.69 Å². The van der Waals surface area contributed by atoms with Gasteiger partial charge < -0.3 is 0 Å². The molecular formula is C51H33N. The summed E-state index contributed by atoms with van der Waals surface area (Å²) in [5.41, 5.74) is 11.9. The van der Waals surface area contributed by atoms with Gasteiger partial charge >= 0.3 is 0 Å². The zero-order valence-corrected chi connectivity index (χ0v) is 28.5. The molecule has 242 valence electrons. The van der Waals surface area contributed by atoms with E-state index in [1.54, 1.807) is 0 Å². The highest BCUT2D eigenvalue weighted by atomic mass is 14.7. The maximum absolute atomic E-state index is 4.79. The fraction of sp³-hybridized carbons (Fsp3) is 0. The molecule has 0 aliphatic carbocycles. The summed E-state index contributed by atoms with van der Waals surface area (Å²) in [7, 11) is 0. The Hall–Kier alpha value is -6.83. The number of hydrogen-bond donors (Lipinski definition) is 0. The number of pyridine rings is 1. The van der Waals surface area contributed by atoms with Crippen molar-refractivity contribution in [2.24, 2.45) is 0 Å². The van der Waals surface area contributed by atoms with Gasteiger partial charge in [-0.3, -0.25) is 4.98 Å². The Morgan fingerprint density at radius 1 is 0.269 bits per heavy atom. The maximum Gasteiger partial charge on any atom is 0.0714 e. The van der Waals surface area contributed by atoms with Crippen LogP contribution in [0.2, 0.25) is 0 Å². The zero-order chi connectivity index (χ0) is 34.4. The molecule has 1 heteroatoms. The van der Waals surface area contributed by atoms with Crippen LogP contribution in [-0.4, -0.2) is 4.98 Å². The number of benzene rings is 9. The van der Waals surface area contributed by atoms with Crippen molar-refractivity contribution in [3.8, 4) is 55.8 Å². The molecule has 0 saturated carbocycles. The Morgan fingerprint density at radius 3 is 1.48 bits per heavy atom. The van der Waals surface area contributed by atoms with Crippen LogP contribution in [0.1, 0.15) is 0 Å². The molecule has 0 fully saturated rings. The van der Waals surface area contributed by atoms with Crippen molar-refractivity contribution in [1.82, 2.24) is 4.98 Å². The second kappa shape index (κ2) is 12.5. The molecule has 0 radical (unpaired) electrons. The van der Waals surface area contributed by atoms with Gasteiger partial charge in [0.2, 0.25) is 0 Å². The summed E-state index contributed by atoms with van der Waals surface area (Å²) in [6, 6.07) is 70.4. The molecule has 0 spiro atoms. The molecule has 52 heavy (non-hydrogen) atoms. The highest BCUT2D eigenvalue weighted by molar-refractivity contribution is 6.24. The van der Waals surface area contributed by atoms with Crippen LogP contribution in [0.3, 0.4) is 0 Å². The first-order chi connectivity index (χ1) is 25.8. The van der Waals surface area contributed by atoms with E-state index < -0.39 is 0 Å². The van der Waals surface area contributed by atoms with E-state index in [4.69, 9.17) is 4.98 Å². The lowest BCUT2D eigenvalue weighted by Crippen LogP contribution is -1.92. The van der Waals surface area contributed by atoms with Crippen molar-refractivity contribution in [3.63, 3.8) is 0 Å². The first kappa shape index (κ1) is 30.0. The van der Waals surface area contributed by atoms with Gasteiger partial charge in [0.1, 0.15) is 0 Å². The smallest absolute Gasteiger partial charge is 0.0714 e. The first-order valence-electron chi connectivity index (χ1n) is 17.9. The number of aromatic nitrogens is 1. The predicted octanol–water partition coefficient (Wildman–Crippen LogP) is 14.0. The third kappa shape index (κ3) is 4.98. The standard InChI is InChI=1S/C51H33N/c1-2-13-35(14-3-1)40-29-30-48(42-19-7-6-18-41(40)42)51-46-22-10-8-20-44(46)50(45-21-9-11-23-47(45)51)37-27-25-34(26-28-37)38-31-32-52-49(33-38)43-24-12-16-36-15-4-5-17-39(36)43/h1-33H. The summed E-state index contributed by atoms with van der Waals surface area (Å²) in [4.78, 5) is 4.79. The fourth-order valence-corrected chi connectivity index (χ4v) is 8.15. The van der Waals surface area contributed by atoms with Crippen LogP contribution in [-0.2, 0) is 0 Å². The minimum Gasteiger partial charge on any atom is -0.256 e. The number of hydrogen-bond acceptors (Lipinski definition) is 1. The van der Waals surface area contributed by atoms with Crippen LogP contribution >= 0.6 is 0 Å². The van der Waals surface area contributed by atoms with E-state index in [1.165, 1.54) is 82.0 Å². The van der Waals surface area contributed by atoms with Crippen molar-refractivity contribution in [3.05, 3.63) is 200 Å². The van der Waals surface area contributed by atoms with Gasteiger partial charge in [-0.15, -0.1) is 0 Å². The van der Waals surface area contributed by atoms with Gasteiger partial charge in [-0.05, 0) is 99.7 Å². The summed E-state index contributed by atoms with van der Waals surface area (Å²) in [6.45, 7) is 0. The molecule has 9 aromatic carbocycles. The van der Waals surface area contributed by atoms with Crippen LogP contribution in [0.5, 0.6) is 0 Å². The van der Waals surface area contributed by atoms with E-state index >= 15 is 0 Å². The highest BCUT2D eigenvalue weighted by Crippen LogP contribution is 2.46. The molecule has 0 bridgehead atoms. The van der Waals surface area contributed by atoms with Crippen LogP contribution < -0.4 is 0 Å². The van der Waals surface area contributed by atoms with Gasteiger partial charge in [-0.25, -0.2) is 0 Å². The van der Waals surface area contributed by atoms with Crippen LogP contribution in [0.4, 0.5) is 0 Å². The molecule has 10 rings (SSSR count). The average molecular weight is 660 g/mol. The molecule has 0 saturated heterocycles. The molecule has 0 aliphatic heterocycles. The Bertz CT molecular complexity index is 2880. The van der Waals surface area contributed by atoms with Gasteiger partial charge in [-0.2, -0.15) is 0 Å². The minimum absolute atomic E-state index is 0.982. The molecule has 1 heterocycles. The van der Waals surface area contributed by atoms with E-state index in [0.717, 1.165) is 16.8 Å². The van der Waals surface area contributed by atoms with Gasteiger partial charge in [0, 0.05) is 11.8 Å². The maximum atomic E-state index is 4.79. The summed E-state index contributed by atoms with van der Waals surface area (Å²) >= 11 is 0. The Labute approximate surface area is 303 Å². The number of fused-ring (bicyclic) bond motifs is 4. The second-order valence-corrected chi connectivity index (χ2v) is 13.4. The number of nitrogens with zero attached hydrogens (tertiary/aromatic N) is 1. The molecular weight excluding hydrogens is 627 g/mol. The quantitative estimate of drug-likeness (QED) is 0.168. The van der Waals surface area contributed by atoms with E-state index in [2.05, 4.69) is 194 Å². The Kier molecular flexibility index (Phi) is 7.22. The van der Waals surface area contributed by atoms with Crippen molar-refractivity contribution >= 4 is 43.1 Å². The van der Waals surface area contributed by atoms with Gasteiger partial charge in [-0.1, -0.05) is 182 Å². The highest BCUT2D eigenvalue weighted by Gasteiger charge is 2.19. The monoisotopic (exact) mass is 659 g/mol. The van der Waals surface area contributed by atoms with Crippen LogP contribution in [0.15, 0.2) is 200 Å². The van der Waals surface area contributed by atoms with Gasteiger partial charge in [0.15, 0.2) is 0 Å². The predicted molar refractivity (Wildman–Crippen MR) is 221 cm³/mol. The van der Waals surface area contributed by atoms with Crippen molar-refractivity contribution in [2.45, 2.75) is 0 Å². The Balaban J connectivity index is 1.12. The third-order valence-corrected chi connectivity index (χ3v) is 10.5. The number of rotatable bonds is 5. The summed E-state index contributed by atoms with van der Waals surface area (Å²) in [6.07, 6.45) is 1.93. The Morgan fingerprint density at radius 2 is 0.788 bits per heavy atom. The van der Waals surface area contributed by atoms with E-state index in [-0.39, 0.29) is 0 Å². The lowest BCUT2D eigenvalue weighted by Gasteiger charge is -2.20. The molecule has 0 amide bonds. The summed E-state index contributed by atoms with van der Waals surface area (Å²) in [5.74, 6) is 0. The molecule has 0 aliphatic rings. The van der Waals surface area contributed by atoms with Crippen LogP contribution in [0.25, 0.3) is 98.9 Å². The van der Waals surface area contributed by atoms with E-state index in [9.17, 15) is 0 Å². The topological polar surface area (TPSA) is 12.9 Å². The van der Waals surface area contributed by atoms with Crippen molar-refractivity contribution in [1.29, 1.82) is 0 Å². The van der Waals surface area contributed by atoms with E-state index in [0.29, 0.717) is 0 Å². The summed E-state index contributed by atoms with van der Waals surface area (Å²) in [5, 5.41) is 9.98. The average Bonchev–Trinajstić information content (AvgIpc) is 3.23. The van der Waals surface area contributed by atoms with Crippen molar-refractivity contribution < 1.29 is 0 Å². The SMILES string of the molecule is c1ccc(-c2ccc(-c3c4ccccc4c(-c4ccc(-c5ccnc(-c6cccc7ccccc67)c5)cc4)c4ccccc34)c3ccccc23)cc1. The second-order valence-electron chi connectivity index (χ2n) is 13.4. The lowest BCUT2D eigenvalue weighted by molar-refractivity contribution is 1.33. The molecule has 0 atom stereocenters. The van der Waals surface area contributed by atoms with E-state index in [1.807, 2.05) is 6.20 Å². The van der Waals surface area contributed by atoms with Crippen LogP contribution in [0, 0.1) is 0 Å². The molecule has 1 aromatic heterocycles. The first-order valence-corrected chi connectivity index (χ1v) is 17.9. The molecule has 0 unspecified atom stereocenters. The van der Waals surface area contributed by atoms with Crippen molar-refractivity contribution in [2.75, 3.05) is 0 Å². The molecule has 10 aromatic rings. The molecule has 1 nitrogen and oxygen atoms in total. The molecule has 0 N–H and O–H groups in total. The lowest BCUT2D eigenvalue weighted by atomic mass is 9.83. The third-order valence-electron chi connectivity index (χ3n) is 10.5.